The Morgan fingerprint density at radius 3 is 2.54 bits per heavy atom. The summed E-state index contributed by atoms with van der Waals surface area (Å²) in [5, 5.41) is 0. The van der Waals surface area contributed by atoms with E-state index in [-0.39, 0.29) is 0 Å². The smallest absolute Gasteiger partial charge is 0.0494 e. The molecule has 0 aromatic heterocycles. The van der Waals surface area contributed by atoms with Crippen molar-refractivity contribution in [3.63, 3.8) is 0 Å². The summed E-state index contributed by atoms with van der Waals surface area (Å²) in [6, 6.07) is 0. The van der Waals surface area contributed by atoms with Gasteiger partial charge in [-0.3, -0.25) is 0 Å². The van der Waals surface area contributed by atoms with Crippen LogP contribution in [0.4, 0.5) is 0 Å². The van der Waals surface area contributed by atoms with Crippen LogP contribution in [0.1, 0.15) is 44.9 Å². The van der Waals surface area contributed by atoms with Crippen molar-refractivity contribution in [2.75, 3.05) is 19.1 Å². The highest BCUT2D eigenvalue weighted by Gasteiger charge is 2.14. The second-order valence-corrected chi connectivity index (χ2v) is 4.35. The summed E-state index contributed by atoms with van der Waals surface area (Å²) >= 11 is 5.58. The van der Waals surface area contributed by atoms with E-state index < -0.39 is 0 Å². The predicted octanol–water partition coefficient (Wildman–Crippen LogP) is 3.60. The van der Waals surface area contributed by atoms with Crippen molar-refractivity contribution in [3.8, 4) is 0 Å². The van der Waals surface area contributed by atoms with E-state index in [2.05, 4.69) is 0 Å². The first-order valence-corrected chi connectivity index (χ1v) is 6.10. The summed E-state index contributed by atoms with van der Waals surface area (Å²) in [7, 11) is 0. The zero-order valence-corrected chi connectivity index (χ0v) is 9.19. The standard InChI is InChI=1S/C11H21ClO/c12-8-4-1-5-9-13-10-11-6-2-3-7-11/h11H,1-10H2. The fourth-order valence-electron chi connectivity index (χ4n) is 1.90. The molecule has 0 atom stereocenters. The van der Waals surface area contributed by atoms with Gasteiger partial charge < -0.3 is 4.74 Å². The lowest BCUT2D eigenvalue weighted by Crippen LogP contribution is -2.06. The molecular weight excluding hydrogens is 184 g/mol. The fourth-order valence-corrected chi connectivity index (χ4v) is 2.09. The molecular formula is C11H21ClO. The average Bonchev–Trinajstić information content (AvgIpc) is 2.63. The molecule has 0 aromatic rings. The summed E-state index contributed by atoms with van der Waals surface area (Å²) in [6.07, 6.45) is 9.14. The molecule has 0 unspecified atom stereocenters. The van der Waals surface area contributed by atoms with Gasteiger partial charge in [-0.1, -0.05) is 12.8 Å². The number of hydrogen-bond donors (Lipinski definition) is 0. The van der Waals surface area contributed by atoms with E-state index in [0.717, 1.165) is 31.4 Å². The van der Waals surface area contributed by atoms with E-state index in [4.69, 9.17) is 16.3 Å². The molecule has 0 N–H and O–H groups in total. The molecule has 1 fully saturated rings. The number of unbranched alkanes of at least 4 members (excludes halogenated alkanes) is 2. The lowest BCUT2D eigenvalue weighted by Gasteiger charge is -2.09. The minimum Gasteiger partial charge on any atom is -0.381 e. The predicted molar refractivity (Wildman–Crippen MR) is 57.3 cm³/mol. The van der Waals surface area contributed by atoms with Gasteiger partial charge in [0.15, 0.2) is 0 Å². The number of rotatable bonds is 7. The number of alkyl halides is 1. The SMILES string of the molecule is ClCCCCCOCC1CCCC1. The maximum Gasteiger partial charge on any atom is 0.0494 e. The van der Waals surface area contributed by atoms with Gasteiger partial charge in [-0.25, -0.2) is 0 Å². The van der Waals surface area contributed by atoms with Gasteiger partial charge in [-0.2, -0.15) is 0 Å². The molecule has 1 aliphatic carbocycles. The maximum atomic E-state index is 5.62. The lowest BCUT2D eigenvalue weighted by atomic mass is 10.1. The number of halogens is 1. The molecule has 13 heavy (non-hydrogen) atoms. The molecule has 0 aromatic carbocycles. The Morgan fingerprint density at radius 2 is 1.85 bits per heavy atom. The molecule has 0 amide bonds. The Morgan fingerprint density at radius 1 is 1.08 bits per heavy atom. The second-order valence-electron chi connectivity index (χ2n) is 3.98. The Labute approximate surface area is 86.8 Å². The molecule has 1 aliphatic rings. The second kappa shape index (κ2) is 7.64. The summed E-state index contributed by atoms with van der Waals surface area (Å²) < 4.78 is 5.62. The Bertz CT molecular complexity index is 111. The quantitative estimate of drug-likeness (QED) is 0.455. The molecule has 2 heteroatoms. The molecule has 0 spiro atoms. The molecule has 0 bridgehead atoms. The van der Waals surface area contributed by atoms with Crippen molar-refractivity contribution in [1.82, 2.24) is 0 Å². The van der Waals surface area contributed by atoms with Gasteiger partial charge >= 0.3 is 0 Å². The first-order valence-electron chi connectivity index (χ1n) is 5.57. The fraction of sp³-hybridized carbons (Fsp3) is 1.00. The van der Waals surface area contributed by atoms with Crippen LogP contribution in [-0.2, 0) is 4.74 Å². The van der Waals surface area contributed by atoms with Crippen LogP contribution in [-0.4, -0.2) is 19.1 Å². The van der Waals surface area contributed by atoms with Crippen LogP contribution in [0.2, 0.25) is 0 Å². The van der Waals surface area contributed by atoms with Gasteiger partial charge in [-0.05, 0) is 38.0 Å². The normalized spacial score (nSPS) is 18.2. The molecule has 78 valence electrons. The van der Waals surface area contributed by atoms with Crippen LogP contribution in [0.5, 0.6) is 0 Å². The highest BCUT2D eigenvalue weighted by atomic mass is 35.5. The lowest BCUT2D eigenvalue weighted by molar-refractivity contribution is 0.0982. The van der Waals surface area contributed by atoms with Crippen molar-refractivity contribution in [2.45, 2.75) is 44.9 Å². The third-order valence-electron chi connectivity index (χ3n) is 2.75. The van der Waals surface area contributed by atoms with Gasteiger partial charge in [0.25, 0.3) is 0 Å². The molecule has 1 nitrogen and oxygen atoms in total. The third kappa shape index (κ3) is 5.53. The van der Waals surface area contributed by atoms with Gasteiger partial charge in [0.05, 0.1) is 0 Å². The molecule has 1 saturated carbocycles. The van der Waals surface area contributed by atoms with Crippen LogP contribution >= 0.6 is 11.6 Å². The van der Waals surface area contributed by atoms with Gasteiger partial charge in [0.1, 0.15) is 0 Å². The Kier molecular flexibility index (Phi) is 6.65. The van der Waals surface area contributed by atoms with E-state index in [9.17, 15) is 0 Å². The van der Waals surface area contributed by atoms with Gasteiger partial charge in [-0.15, -0.1) is 11.6 Å². The van der Waals surface area contributed by atoms with Crippen LogP contribution in [0, 0.1) is 5.92 Å². The van der Waals surface area contributed by atoms with Crippen LogP contribution in [0.25, 0.3) is 0 Å². The maximum absolute atomic E-state index is 5.62. The van der Waals surface area contributed by atoms with Crippen molar-refractivity contribution in [3.05, 3.63) is 0 Å². The molecule has 0 saturated heterocycles. The Balaban J connectivity index is 1.78. The Hall–Kier alpha value is 0.250. The summed E-state index contributed by atoms with van der Waals surface area (Å²) in [4.78, 5) is 0. The largest absolute Gasteiger partial charge is 0.381 e. The summed E-state index contributed by atoms with van der Waals surface area (Å²) in [6.45, 7) is 1.94. The van der Waals surface area contributed by atoms with Crippen molar-refractivity contribution in [2.24, 2.45) is 5.92 Å². The first-order chi connectivity index (χ1) is 6.43. The highest BCUT2D eigenvalue weighted by molar-refractivity contribution is 6.17. The third-order valence-corrected chi connectivity index (χ3v) is 3.02. The zero-order valence-electron chi connectivity index (χ0n) is 8.43. The van der Waals surface area contributed by atoms with Crippen molar-refractivity contribution in [1.29, 1.82) is 0 Å². The van der Waals surface area contributed by atoms with Crippen LogP contribution in [0.3, 0.4) is 0 Å². The van der Waals surface area contributed by atoms with Crippen LogP contribution in [0.15, 0.2) is 0 Å². The monoisotopic (exact) mass is 204 g/mol. The minimum absolute atomic E-state index is 0.794. The van der Waals surface area contributed by atoms with Gasteiger partial charge in [0, 0.05) is 19.1 Å². The van der Waals surface area contributed by atoms with E-state index in [0.29, 0.717) is 0 Å². The number of ether oxygens (including phenoxy) is 1. The minimum atomic E-state index is 0.794. The summed E-state index contributed by atoms with van der Waals surface area (Å²) in [5.41, 5.74) is 0. The van der Waals surface area contributed by atoms with Crippen molar-refractivity contribution >= 4 is 11.6 Å². The van der Waals surface area contributed by atoms with Gasteiger partial charge in [0.2, 0.25) is 0 Å². The van der Waals surface area contributed by atoms with E-state index in [1.54, 1.807) is 0 Å². The topological polar surface area (TPSA) is 9.23 Å². The number of hydrogen-bond acceptors (Lipinski definition) is 1. The average molecular weight is 205 g/mol. The first kappa shape index (κ1) is 11.3. The van der Waals surface area contributed by atoms with Crippen LogP contribution < -0.4 is 0 Å². The molecule has 0 heterocycles. The molecule has 0 radical (unpaired) electrons. The van der Waals surface area contributed by atoms with E-state index in [1.807, 2.05) is 0 Å². The van der Waals surface area contributed by atoms with E-state index >= 15 is 0 Å². The summed E-state index contributed by atoms with van der Waals surface area (Å²) in [5.74, 6) is 1.66. The molecule has 1 rings (SSSR count). The molecule has 0 aliphatic heterocycles. The zero-order chi connectivity index (χ0) is 9.36. The van der Waals surface area contributed by atoms with Crippen molar-refractivity contribution < 1.29 is 4.74 Å². The highest BCUT2D eigenvalue weighted by Crippen LogP contribution is 2.24. The van der Waals surface area contributed by atoms with E-state index in [1.165, 1.54) is 38.5 Å².